The lowest BCUT2D eigenvalue weighted by molar-refractivity contribution is -0.139. The van der Waals surface area contributed by atoms with Gasteiger partial charge in [0, 0.05) is 10.0 Å². The van der Waals surface area contributed by atoms with E-state index >= 15 is 0 Å². The number of aromatic nitrogens is 1. The number of thiazole rings is 1. The molecule has 0 amide bonds. The summed E-state index contributed by atoms with van der Waals surface area (Å²) in [4.78, 5) is 32.0. The lowest BCUT2D eigenvalue weighted by atomic mass is 9.95. The number of hydrogen-bond acceptors (Lipinski definition) is 8. The molecule has 0 radical (unpaired) electrons. The maximum absolute atomic E-state index is 13.9. The summed E-state index contributed by atoms with van der Waals surface area (Å²) in [5.74, 6) is 0.216. The van der Waals surface area contributed by atoms with E-state index in [9.17, 15) is 14.7 Å². The molecule has 1 aliphatic rings. The molecule has 4 rings (SSSR count). The Bertz CT molecular complexity index is 1590. The Morgan fingerprint density at radius 3 is 2.59 bits per heavy atom. The van der Waals surface area contributed by atoms with E-state index in [0.717, 1.165) is 0 Å². The van der Waals surface area contributed by atoms with Crippen molar-refractivity contribution in [2.75, 3.05) is 20.3 Å². The number of carbonyl (C=O) groups is 1. The molecular formula is C26H24Br2N2O6S. The van der Waals surface area contributed by atoms with Crippen LogP contribution < -0.4 is 24.4 Å². The Morgan fingerprint density at radius 1 is 1.19 bits per heavy atom. The average Bonchev–Trinajstić information content (AvgIpc) is 3.18. The van der Waals surface area contributed by atoms with E-state index in [1.165, 1.54) is 23.0 Å². The zero-order chi connectivity index (χ0) is 26.9. The van der Waals surface area contributed by atoms with Crippen molar-refractivity contribution in [2.45, 2.75) is 26.8 Å². The normalized spacial score (nSPS) is 15.3. The Hall–Kier alpha value is -2.89. The van der Waals surface area contributed by atoms with E-state index in [4.69, 9.17) is 14.2 Å². The smallest absolute Gasteiger partial charge is 0.338 e. The minimum absolute atomic E-state index is 0.0600. The van der Waals surface area contributed by atoms with Crippen molar-refractivity contribution in [3.8, 4) is 17.2 Å². The lowest BCUT2D eigenvalue weighted by Crippen LogP contribution is -2.40. The van der Waals surface area contributed by atoms with Gasteiger partial charge in [0.15, 0.2) is 16.3 Å². The van der Waals surface area contributed by atoms with Crippen LogP contribution in [0.1, 0.15) is 37.9 Å². The molecule has 0 unspecified atom stereocenters. The Balaban J connectivity index is 2.01. The highest BCUT2D eigenvalue weighted by Crippen LogP contribution is 2.42. The number of aromatic hydroxyl groups is 1. The van der Waals surface area contributed by atoms with Crippen LogP contribution in [0.2, 0.25) is 0 Å². The van der Waals surface area contributed by atoms with Crippen LogP contribution in [0, 0.1) is 0 Å². The van der Waals surface area contributed by atoms with Crippen LogP contribution in [0.15, 0.2) is 60.3 Å². The van der Waals surface area contributed by atoms with Crippen LogP contribution in [0.5, 0.6) is 17.2 Å². The summed E-state index contributed by atoms with van der Waals surface area (Å²) in [6.07, 6.45) is 1.69. The molecule has 0 fully saturated rings. The second-order valence-electron chi connectivity index (χ2n) is 7.92. The minimum Gasteiger partial charge on any atom is -0.503 e. The Kier molecular flexibility index (Phi) is 8.25. The molecule has 11 heteroatoms. The van der Waals surface area contributed by atoms with Gasteiger partial charge in [-0.25, -0.2) is 9.79 Å². The SMILES string of the molecule is CCOC(=O)C1=C(C)N=c2s/c(=C\c3cc(OC)c(O)c(Br)c3Br)c(=O)n2[C@H]1c1ccccc1OCC. The molecular weight excluding hydrogens is 628 g/mol. The van der Waals surface area contributed by atoms with E-state index < -0.39 is 12.0 Å². The molecule has 37 heavy (non-hydrogen) atoms. The number of fused-ring (bicyclic) bond motifs is 1. The third-order valence-corrected chi connectivity index (χ3v) is 8.85. The zero-order valence-electron chi connectivity index (χ0n) is 20.5. The third-order valence-electron chi connectivity index (χ3n) is 5.71. The van der Waals surface area contributed by atoms with Crippen LogP contribution in [0.4, 0.5) is 0 Å². The average molecular weight is 652 g/mol. The summed E-state index contributed by atoms with van der Waals surface area (Å²) in [5.41, 5.74) is 1.69. The second kappa shape index (κ2) is 11.2. The first kappa shape index (κ1) is 27.2. The maximum Gasteiger partial charge on any atom is 0.338 e. The minimum atomic E-state index is -0.787. The van der Waals surface area contributed by atoms with Crippen molar-refractivity contribution in [2.24, 2.45) is 4.99 Å². The summed E-state index contributed by atoms with van der Waals surface area (Å²) in [7, 11) is 1.45. The molecule has 1 aromatic heterocycles. The predicted octanol–water partition coefficient (Wildman–Crippen LogP) is 4.44. The molecule has 194 valence electrons. The van der Waals surface area contributed by atoms with Crippen molar-refractivity contribution in [1.29, 1.82) is 0 Å². The Labute approximate surface area is 233 Å². The third kappa shape index (κ3) is 4.99. The van der Waals surface area contributed by atoms with Crippen molar-refractivity contribution in [3.05, 3.63) is 81.4 Å². The number of allylic oxidation sites excluding steroid dienone is 1. The van der Waals surface area contributed by atoms with Gasteiger partial charge in [0.05, 0.1) is 40.6 Å². The van der Waals surface area contributed by atoms with E-state index in [1.807, 2.05) is 31.2 Å². The molecule has 2 aromatic carbocycles. The van der Waals surface area contributed by atoms with Gasteiger partial charge in [0.25, 0.3) is 5.56 Å². The molecule has 0 aliphatic carbocycles. The topological polar surface area (TPSA) is 99.4 Å². The molecule has 1 aliphatic heterocycles. The van der Waals surface area contributed by atoms with E-state index in [0.29, 0.717) is 47.5 Å². The second-order valence-corrected chi connectivity index (χ2v) is 10.5. The highest BCUT2D eigenvalue weighted by atomic mass is 79.9. The number of benzene rings is 2. The first-order valence-electron chi connectivity index (χ1n) is 11.4. The summed E-state index contributed by atoms with van der Waals surface area (Å²) >= 11 is 8.02. The lowest BCUT2D eigenvalue weighted by Gasteiger charge is -2.26. The fourth-order valence-electron chi connectivity index (χ4n) is 4.09. The van der Waals surface area contributed by atoms with E-state index in [-0.39, 0.29) is 29.2 Å². The van der Waals surface area contributed by atoms with Gasteiger partial charge in [-0.2, -0.15) is 0 Å². The zero-order valence-corrected chi connectivity index (χ0v) is 24.5. The molecule has 0 spiro atoms. The van der Waals surface area contributed by atoms with Gasteiger partial charge in [0.2, 0.25) is 0 Å². The van der Waals surface area contributed by atoms with Gasteiger partial charge in [-0.3, -0.25) is 9.36 Å². The number of ether oxygens (including phenoxy) is 3. The fraction of sp³-hybridized carbons (Fsp3) is 0.269. The van der Waals surface area contributed by atoms with Crippen LogP contribution in [-0.4, -0.2) is 36.0 Å². The summed E-state index contributed by atoms with van der Waals surface area (Å²) < 4.78 is 19.3. The molecule has 0 bridgehead atoms. The number of phenolic OH excluding ortho intramolecular Hbond substituents is 1. The number of nitrogens with zero attached hydrogens (tertiary/aromatic N) is 2. The molecule has 0 saturated carbocycles. The van der Waals surface area contributed by atoms with E-state index in [2.05, 4.69) is 36.9 Å². The van der Waals surface area contributed by atoms with Crippen LogP contribution in [0.3, 0.4) is 0 Å². The van der Waals surface area contributed by atoms with Crippen LogP contribution >= 0.6 is 43.2 Å². The first-order chi connectivity index (χ1) is 17.7. The molecule has 0 saturated heterocycles. The van der Waals surface area contributed by atoms with Crippen molar-refractivity contribution in [1.82, 2.24) is 4.57 Å². The summed E-state index contributed by atoms with van der Waals surface area (Å²) in [5, 5.41) is 10.3. The molecule has 1 N–H and O–H groups in total. The highest BCUT2D eigenvalue weighted by Gasteiger charge is 2.35. The first-order valence-corrected chi connectivity index (χ1v) is 13.8. The number of phenols is 1. The van der Waals surface area contributed by atoms with Crippen molar-refractivity contribution < 1.29 is 24.1 Å². The molecule has 3 aromatic rings. The standard InChI is InChI=1S/C26H24Br2N2O6S/c1-5-35-16-10-8-7-9-15(16)22-19(25(33)36-6-2)13(3)29-26-30(22)24(32)18(37-26)12-14-11-17(34-4)23(31)21(28)20(14)27/h7-12,22,31H,5-6H2,1-4H3/b18-12-/t22-/m0/s1. The number of halogens is 2. The molecule has 2 heterocycles. The largest absolute Gasteiger partial charge is 0.503 e. The fourth-order valence-corrected chi connectivity index (χ4v) is 5.97. The predicted molar refractivity (Wildman–Crippen MR) is 148 cm³/mol. The van der Waals surface area contributed by atoms with Crippen molar-refractivity contribution >= 4 is 55.2 Å². The van der Waals surface area contributed by atoms with Gasteiger partial charge in [0.1, 0.15) is 11.8 Å². The van der Waals surface area contributed by atoms with E-state index in [1.54, 1.807) is 26.0 Å². The number of esters is 1. The number of rotatable bonds is 7. The quantitative estimate of drug-likeness (QED) is 0.380. The molecule has 8 nitrogen and oxygen atoms in total. The van der Waals surface area contributed by atoms with Gasteiger partial charge < -0.3 is 19.3 Å². The monoisotopic (exact) mass is 650 g/mol. The number of hydrogen-bond donors (Lipinski definition) is 1. The van der Waals surface area contributed by atoms with Crippen molar-refractivity contribution in [3.63, 3.8) is 0 Å². The number of para-hydroxylation sites is 1. The van der Waals surface area contributed by atoms with Gasteiger partial charge in [-0.15, -0.1) is 0 Å². The summed E-state index contributed by atoms with van der Waals surface area (Å²) in [6.45, 7) is 5.94. The van der Waals surface area contributed by atoms with Crippen LogP contribution in [-0.2, 0) is 9.53 Å². The number of carbonyl (C=O) groups excluding carboxylic acids is 1. The maximum atomic E-state index is 13.9. The molecule has 1 atom stereocenters. The number of methoxy groups -OCH3 is 1. The highest BCUT2D eigenvalue weighted by molar-refractivity contribution is 9.13. The van der Waals surface area contributed by atoms with Gasteiger partial charge >= 0.3 is 5.97 Å². The summed E-state index contributed by atoms with van der Waals surface area (Å²) in [6, 6.07) is 8.16. The van der Waals surface area contributed by atoms with Gasteiger partial charge in [-0.05, 0) is 76.4 Å². The Morgan fingerprint density at radius 2 is 1.92 bits per heavy atom. The van der Waals surface area contributed by atoms with Gasteiger partial charge in [-0.1, -0.05) is 29.5 Å². The van der Waals surface area contributed by atoms with Crippen LogP contribution in [0.25, 0.3) is 6.08 Å².